The Bertz CT molecular complexity index is 371. The molecule has 0 aliphatic heterocycles. The summed E-state index contributed by atoms with van der Waals surface area (Å²) in [5, 5.41) is 3.37. The summed E-state index contributed by atoms with van der Waals surface area (Å²) >= 11 is 1.99. The number of unbranched alkanes of at least 4 members (excludes halogenated alkanes) is 1. The number of rotatable bonds is 9. The smallest absolute Gasteiger partial charge is 0.161 e. The van der Waals surface area contributed by atoms with E-state index in [1.165, 1.54) is 24.2 Å². The van der Waals surface area contributed by atoms with E-state index in [0.717, 1.165) is 17.3 Å². The molecule has 1 N–H and O–H groups in total. The van der Waals surface area contributed by atoms with E-state index in [1.807, 2.05) is 24.9 Å². The van der Waals surface area contributed by atoms with Crippen LogP contribution in [0.5, 0.6) is 11.5 Å². The van der Waals surface area contributed by atoms with Gasteiger partial charge in [0.25, 0.3) is 0 Å². The molecule has 0 saturated heterocycles. The minimum Gasteiger partial charge on any atom is -0.493 e. The fourth-order valence-electron chi connectivity index (χ4n) is 1.86. The molecule has 0 aromatic heterocycles. The van der Waals surface area contributed by atoms with Crippen molar-refractivity contribution in [3.63, 3.8) is 0 Å². The average molecular weight is 283 g/mol. The Hall–Kier alpha value is -0.870. The lowest BCUT2D eigenvalue weighted by Crippen LogP contribution is -2.19. The summed E-state index contributed by atoms with van der Waals surface area (Å²) in [5.74, 6) is 3.87. The summed E-state index contributed by atoms with van der Waals surface area (Å²) in [7, 11) is 5.33. The molecule has 0 saturated carbocycles. The van der Waals surface area contributed by atoms with Gasteiger partial charge in [0.1, 0.15) is 0 Å². The second-order valence-corrected chi connectivity index (χ2v) is 5.53. The summed E-state index contributed by atoms with van der Waals surface area (Å²) < 4.78 is 10.6. The summed E-state index contributed by atoms with van der Waals surface area (Å²) in [4.78, 5) is 0. The number of methoxy groups -OCH3 is 2. The Balaban J connectivity index is 2.69. The van der Waals surface area contributed by atoms with Crippen molar-refractivity contribution in [2.24, 2.45) is 0 Å². The zero-order valence-electron chi connectivity index (χ0n) is 12.4. The van der Waals surface area contributed by atoms with E-state index in [0.29, 0.717) is 6.04 Å². The zero-order chi connectivity index (χ0) is 14.1. The Morgan fingerprint density at radius 2 is 1.95 bits per heavy atom. The predicted molar refractivity (Wildman–Crippen MR) is 83.6 cm³/mol. The topological polar surface area (TPSA) is 30.5 Å². The lowest BCUT2D eigenvalue weighted by Gasteiger charge is -2.18. The first-order valence-electron chi connectivity index (χ1n) is 6.73. The number of nitrogens with one attached hydrogen (secondary N) is 1. The summed E-state index contributed by atoms with van der Waals surface area (Å²) in [6.07, 6.45) is 2.54. The van der Waals surface area contributed by atoms with Crippen LogP contribution in [0.25, 0.3) is 0 Å². The van der Waals surface area contributed by atoms with Gasteiger partial charge < -0.3 is 14.8 Å². The van der Waals surface area contributed by atoms with E-state index in [2.05, 4.69) is 24.4 Å². The van der Waals surface area contributed by atoms with Gasteiger partial charge >= 0.3 is 0 Å². The van der Waals surface area contributed by atoms with Crippen LogP contribution in [0.15, 0.2) is 18.2 Å². The second-order valence-electron chi connectivity index (χ2n) is 4.38. The Labute approximate surface area is 121 Å². The van der Waals surface area contributed by atoms with Gasteiger partial charge in [0.15, 0.2) is 11.5 Å². The number of thioether (sulfide) groups is 1. The molecule has 0 aliphatic carbocycles. The van der Waals surface area contributed by atoms with Crippen molar-refractivity contribution in [1.29, 1.82) is 0 Å². The number of hydrogen-bond acceptors (Lipinski definition) is 4. The van der Waals surface area contributed by atoms with E-state index in [4.69, 9.17) is 9.47 Å². The third kappa shape index (κ3) is 4.96. The monoisotopic (exact) mass is 283 g/mol. The Kier molecular flexibility index (Phi) is 7.75. The molecule has 1 aromatic rings. The van der Waals surface area contributed by atoms with Crippen LogP contribution in [0.1, 0.15) is 31.4 Å². The van der Waals surface area contributed by atoms with Gasteiger partial charge in [-0.1, -0.05) is 19.4 Å². The molecule has 1 rings (SSSR count). The van der Waals surface area contributed by atoms with Gasteiger partial charge in [-0.05, 0) is 36.9 Å². The van der Waals surface area contributed by atoms with Gasteiger partial charge in [0, 0.05) is 11.8 Å². The molecule has 3 nitrogen and oxygen atoms in total. The van der Waals surface area contributed by atoms with E-state index in [9.17, 15) is 0 Å². The third-order valence-corrected chi connectivity index (χ3v) is 4.23. The highest BCUT2D eigenvalue weighted by Gasteiger charge is 2.12. The van der Waals surface area contributed by atoms with Gasteiger partial charge in [-0.2, -0.15) is 11.8 Å². The maximum Gasteiger partial charge on any atom is 0.161 e. The molecule has 108 valence electrons. The molecule has 0 aliphatic rings. The van der Waals surface area contributed by atoms with Crippen LogP contribution in [0.4, 0.5) is 0 Å². The Morgan fingerprint density at radius 3 is 2.53 bits per heavy atom. The summed E-state index contributed by atoms with van der Waals surface area (Å²) in [6, 6.07) is 6.47. The molecule has 0 fully saturated rings. The quantitative estimate of drug-likeness (QED) is 0.703. The van der Waals surface area contributed by atoms with Gasteiger partial charge in [-0.15, -0.1) is 0 Å². The molecule has 4 heteroatoms. The highest BCUT2D eigenvalue weighted by molar-refractivity contribution is 7.99. The summed E-state index contributed by atoms with van der Waals surface area (Å²) in [6.45, 7) is 2.23. The van der Waals surface area contributed by atoms with Gasteiger partial charge in [-0.3, -0.25) is 0 Å². The molecule has 0 radical (unpaired) electrons. The molecule has 19 heavy (non-hydrogen) atoms. The maximum atomic E-state index is 5.36. The molecule has 1 unspecified atom stereocenters. The highest BCUT2D eigenvalue weighted by atomic mass is 32.2. The second kappa shape index (κ2) is 9.10. The lowest BCUT2D eigenvalue weighted by molar-refractivity contribution is 0.354. The number of ether oxygens (including phenoxy) is 2. The van der Waals surface area contributed by atoms with E-state index in [1.54, 1.807) is 14.2 Å². The van der Waals surface area contributed by atoms with Crippen LogP contribution in [0, 0.1) is 0 Å². The number of hydrogen-bond donors (Lipinski definition) is 1. The van der Waals surface area contributed by atoms with E-state index in [-0.39, 0.29) is 0 Å². The lowest BCUT2D eigenvalue weighted by atomic mass is 10.1. The predicted octanol–water partition coefficient (Wildman–Crippen LogP) is 3.50. The molecule has 0 bridgehead atoms. The van der Waals surface area contributed by atoms with Crippen molar-refractivity contribution >= 4 is 11.8 Å². The molecular weight excluding hydrogens is 258 g/mol. The summed E-state index contributed by atoms with van der Waals surface area (Å²) in [5.41, 5.74) is 1.24. The SMILES string of the molecule is CCCCSCC(NC)c1ccc(OC)c(OC)c1. The maximum absolute atomic E-state index is 5.36. The van der Waals surface area contributed by atoms with E-state index < -0.39 is 0 Å². The molecule has 0 spiro atoms. The van der Waals surface area contributed by atoms with Gasteiger partial charge in [0.05, 0.1) is 14.2 Å². The third-order valence-electron chi connectivity index (χ3n) is 3.09. The minimum atomic E-state index is 0.349. The first-order chi connectivity index (χ1) is 9.26. The first kappa shape index (κ1) is 16.2. The van der Waals surface area contributed by atoms with E-state index >= 15 is 0 Å². The average Bonchev–Trinajstić information content (AvgIpc) is 2.46. The van der Waals surface area contributed by atoms with Crippen molar-refractivity contribution in [3.05, 3.63) is 23.8 Å². The molecule has 1 aromatic carbocycles. The fraction of sp³-hybridized carbons (Fsp3) is 0.600. The van der Waals surface area contributed by atoms with Crippen LogP contribution < -0.4 is 14.8 Å². The van der Waals surface area contributed by atoms with Crippen LogP contribution in [-0.2, 0) is 0 Å². The molecule has 0 amide bonds. The van der Waals surface area contributed by atoms with Crippen LogP contribution >= 0.6 is 11.8 Å². The van der Waals surface area contributed by atoms with Crippen LogP contribution in [-0.4, -0.2) is 32.8 Å². The molecule has 0 heterocycles. The van der Waals surface area contributed by atoms with Crippen LogP contribution in [0.2, 0.25) is 0 Å². The first-order valence-corrected chi connectivity index (χ1v) is 7.89. The number of benzene rings is 1. The fourth-order valence-corrected chi connectivity index (χ4v) is 3.12. The van der Waals surface area contributed by atoms with Crippen molar-refractivity contribution in [2.45, 2.75) is 25.8 Å². The van der Waals surface area contributed by atoms with Crippen molar-refractivity contribution < 1.29 is 9.47 Å². The van der Waals surface area contributed by atoms with Crippen molar-refractivity contribution in [2.75, 3.05) is 32.8 Å². The van der Waals surface area contributed by atoms with Crippen molar-refractivity contribution in [3.8, 4) is 11.5 Å². The largest absolute Gasteiger partial charge is 0.493 e. The molecule has 1 atom stereocenters. The minimum absolute atomic E-state index is 0.349. The zero-order valence-corrected chi connectivity index (χ0v) is 13.2. The standard InChI is InChI=1S/C15H25NO2S/c1-5-6-9-19-11-13(16-2)12-7-8-14(17-3)15(10-12)18-4/h7-8,10,13,16H,5-6,9,11H2,1-4H3. The normalized spacial score (nSPS) is 12.2. The Morgan fingerprint density at radius 1 is 1.21 bits per heavy atom. The van der Waals surface area contributed by atoms with Crippen LogP contribution in [0.3, 0.4) is 0 Å². The van der Waals surface area contributed by atoms with Crippen molar-refractivity contribution in [1.82, 2.24) is 5.32 Å². The molecular formula is C15H25NO2S. The van der Waals surface area contributed by atoms with Gasteiger partial charge in [-0.25, -0.2) is 0 Å². The highest BCUT2D eigenvalue weighted by Crippen LogP contribution is 2.30. The van der Waals surface area contributed by atoms with Gasteiger partial charge in [0.2, 0.25) is 0 Å².